The Labute approximate surface area is 84.4 Å². The fourth-order valence-corrected chi connectivity index (χ4v) is 1.51. The van der Waals surface area contributed by atoms with E-state index in [0.717, 1.165) is 6.54 Å². The zero-order valence-electron chi connectivity index (χ0n) is 8.32. The lowest BCUT2D eigenvalue weighted by atomic mass is 10.4. The predicted octanol–water partition coefficient (Wildman–Crippen LogP) is 0.842. The van der Waals surface area contributed by atoms with E-state index in [1.165, 1.54) is 25.7 Å². The van der Waals surface area contributed by atoms with E-state index in [1.54, 1.807) is 0 Å². The minimum atomic E-state index is 0.471. The number of guanidine groups is 1. The summed E-state index contributed by atoms with van der Waals surface area (Å²) < 4.78 is 0. The zero-order valence-corrected chi connectivity index (χ0v) is 8.32. The molecule has 0 atom stereocenters. The van der Waals surface area contributed by atoms with Gasteiger partial charge in [-0.1, -0.05) is 0 Å². The third-order valence-electron chi connectivity index (χ3n) is 2.61. The minimum Gasteiger partial charge on any atom is -0.370 e. The van der Waals surface area contributed by atoms with Crippen molar-refractivity contribution in [3.63, 3.8) is 0 Å². The van der Waals surface area contributed by atoms with Crippen molar-refractivity contribution in [2.75, 3.05) is 6.54 Å². The molecule has 0 aliphatic heterocycles. The number of hydrogen-bond donors (Lipinski definition) is 1. The van der Waals surface area contributed by atoms with Crippen LogP contribution in [0.15, 0.2) is 4.99 Å². The van der Waals surface area contributed by atoms with Crippen LogP contribution >= 0.6 is 0 Å². The van der Waals surface area contributed by atoms with Crippen molar-refractivity contribution in [3.8, 4) is 6.07 Å². The fourth-order valence-electron chi connectivity index (χ4n) is 1.51. The van der Waals surface area contributed by atoms with Crippen LogP contribution in [0.25, 0.3) is 0 Å². The van der Waals surface area contributed by atoms with Gasteiger partial charge in [-0.05, 0) is 25.7 Å². The molecule has 0 saturated heterocycles. The van der Waals surface area contributed by atoms with Gasteiger partial charge >= 0.3 is 0 Å². The molecule has 2 rings (SSSR count). The van der Waals surface area contributed by atoms with E-state index < -0.39 is 0 Å². The number of nitrogens with zero attached hydrogens (tertiary/aromatic N) is 3. The standard InChI is InChI=1S/C10H16N4/c11-6-1-7-14(9-4-5-9)10(12)13-8-2-3-8/h8-9H,1-5,7H2,(H2,12,13). The quantitative estimate of drug-likeness (QED) is 0.530. The van der Waals surface area contributed by atoms with Crippen LogP contribution in [0.4, 0.5) is 0 Å². The topological polar surface area (TPSA) is 65.4 Å². The van der Waals surface area contributed by atoms with Gasteiger partial charge in [0.2, 0.25) is 0 Å². The first kappa shape index (κ1) is 9.32. The van der Waals surface area contributed by atoms with Crippen molar-refractivity contribution >= 4 is 5.96 Å². The highest BCUT2D eigenvalue weighted by atomic mass is 15.3. The monoisotopic (exact) mass is 192 g/mol. The van der Waals surface area contributed by atoms with Gasteiger partial charge < -0.3 is 10.6 Å². The molecule has 2 N–H and O–H groups in total. The summed E-state index contributed by atoms with van der Waals surface area (Å²) in [6, 6.07) is 3.18. The van der Waals surface area contributed by atoms with Gasteiger partial charge in [-0.2, -0.15) is 5.26 Å². The van der Waals surface area contributed by atoms with Gasteiger partial charge in [-0.25, -0.2) is 4.99 Å². The van der Waals surface area contributed by atoms with Crippen molar-refractivity contribution in [1.29, 1.82) is 5.26 Å². The van der Waals surface area contributed by atoms with E-state index in [1.807, 2.05) is 0 Å². The van der Waals surface area contributed by atoms with Crippen LogP contribution in [0, 0.1) is 11.3 Å². The van der Waals surface area contributed by atoms with E-state index in [2.05, 4.69) is 16.0 Å². The van der Waals surface area contributed by atoms with Crippen molar-refractivity contribution in [2.24, 2.45) is 10.7 Å². The number of hydrogen-bond acceptors (Lipinski definition) is 2. The van der Waals surface area contributed by atoms with Gasteiger partial charge in [-0.3, -0.25) is 0 Å². The van der Waals surface area contributed by atoms with Crippen LogP contribution in [0.2, 0.25) is 0 Å². The molecular formula is C10H16N4. The average Bonchev–Trinajstić information content (AvgIpc) is 2.98. The molecule has 0 bridgehead atoms. The van der Waals surface area contributed by atoms with Gasteiger partial charge in [0, 0.05) is 12.6 Å². The molecule has 4 heteroatoms. The lowest BCUT2D eigenvalue weighted by molar-refractivity contribution is 0.411. The maximum Gasteiger partial charge on any atom is 0.191 e. The third kappa shape index (κ3) is 2.38. The van der Waals surface area contributed by atoms with E-state index >= 15 is 0 Å². The van der Waals surface area contributed by atoms with Crippen molar-refractivity contribution in [1.82, 2.24) is 4.90 Å². The molecular weight excluding hydrogens is 176 g/mol. The summed E-state index contributed by atoms with van der Waals surface area (Å²) in [6.45, 7) is 0.739. The highest BCUT2D eigenvalue weighted by Gasteiger charge is 2.31. The van der Waals surface area contributed by atoms with Crippen LogP contribution in [0.3, 0.4) is 0 Å². The Morgan fingerprint density at radius 3 is 2.64 bits per heavy atom. The number of aliphatic imine (C=N–C) groups is 1. The molecule has 76 valence electrons. The van der Waals surface area contributed by atoms with Gasteiger partial charge in [-0.15, -0.1) is 0 Å². The molecule has 2 saturated carbocycles. The molecule has 4 nitrogen and oxygen atoms in total. The van der Waals surface area contributed by atoms with Crippen LogP contribution < -0.4 is 5.73 Å². The Bertz CT molecular complexity index is 270. The first-order valence-corrected chi connectivity index (χ1v) is 5.28. The second kappa shape index (κ2) is 3.87. The number of nitriles is 1. The summed E-state index contributed by atoms with van der Waals surface area (Å²) >= 11 is 0. The normalized spacial score (nSPS) is 21.8. The molecule has 0 aromatic rings. The summed E-state index contributed by atoms with van der Waals surface area (Å²) in [6.07, 6.45) is 5.30. The Kier molecular flexibility index (Phi) is 2.58. The third-order valence-corrected chi connectivity index (χ3v) is 2.61. The maximum atomic E-state index is 8.54. The molecule has 2 aliphatic rings. The van der Waals surface area contributed by atoms with Crippen LogP contribution in [-0.2, 0) is 0 Å². The molecule has 2 fully saturated rings. The highest BCUT2D eigenvalue weighted by Crippen LogP contribution is 2.28. The van der Waals surface area contributed by atoms with E-state index in [4.69, 9.17) is 11.0 Å². The van der Waals surface area contributed by atoms with Crippen molar-refractivity contribution in [3.05, 3.63) is 0 Å². The molecule has 14 heavy (non-hydrogen) atoms. The molecule has 0 spiro atoms. The molecule has 2 aliphatic carbocycles. The summed E-state index contributed by atoms with van der Waals surface area (Å²) in [5.74, 6) is 0.658. The van der Waals surface area contributed by atoms with Crippen molar-refractivity contribution in [2.45, 2.75) is 44.2 Å². The van der Waals surface area contributed by atoms with Gasteiger partial charge in [0.25, 0.3) is 0 Å². The first-order chi connectivity index (χ1) is 6.81. The molecule has 0 amide bonds. The summed E-state index contributed by atoms with van der Waals surface area (Å²) in [5, 5.41) is 8.54. The van der Waals surface area contributed by atoms with Gasteiger partial charge in [0.05, 0.1) is 18.5 Å². The van der Waals surface area contributed by atoms with Gasteiger partial charge in [0.15, 0.2) is 5.96 Å². The lowest BCUT2D eigenvalue weighted by Gasteiger charge is -2.21. The molecule has 0 aromatic carbocycles. The summed E-state index contributed by atoms with van der Waals surface area (Å²) in [5.41, 5.74) is 5.91. The van der Waals surface area contributed by atoms with E-state index in [0.29, 0.717) is 24.5 Å². The molecule has 0 heterocycles. The number of rotatable bonds is 4. The zero-order chi connectivity index (χ0) is 9.97. The molecule has 0 radical (unpaired) electrons. The predicted molar refractivity (Wildman–Crippen MR) is 54.6 cm³/mol. The fraction of sp³-hybridized carbons (Fsp3) is 0.800. The second-order valence-electron chi connectivity index (χ2n) is 4.05. The van der Waals surface area contributed by atoms with Gasteiger partial charge in [0.1, 0.15) is 0 Å². The Balaban J connectivity index is 1.90. The largest absolute Gasteiger partial charge is 0.370 e. The lowest BCUT2D eigenvalue weighted by Crippen LogP contribution is -2.39. The maximum absolute atomic E-state index is 8.54. The minimum absolute atomic E-state index is 0.471. The SMILES string of the molecule is N#CCCN(C(N)=NC1CC1)C1CC1. The summed E-state index contributed by atoms with van der Waals surface area (Å²) in [4.78, 5) is 6.51. The second-order valence-corrected chi connectivity index (χ2v) is 4.05. The van der Waals surface area contributed by atoms with Crippen LogP contribution in [0.1, 0.15) is 32.1 Å². The summed E-state index contributed by atoms with van der Waals surface area (Å²) in [7, 11) is 0. The average molecular weight is 192 g/mol. The number of nitrogens with two attached hydrogens (primary N) is 1. The van der Waals surface area contributed by atoms with E-state index in [-0.39, 0.29) is 0 Å². The smallest absolute Gasteiger partial charge is 0.191 e. The highest BCUT2D eigenvalue weighted by molar-refractivity contribution is 5.79. The molecule has 0 unspecified atom stereocenters. The Hall–Kier alpha value is -1.24. The van der Waals surface area contributed by atoms with Crippen LogP contribution in [-0.4, -0.2) is 29.5 Å². The molecule has 0 aromatic heterocycles. The van der Waals surface area contributed by atoms with Crippen LogP contribution in [0.5, 0.6) is 0 Å². The van der Waals surface area contributed by atoms with E-state index in [9.17, 15) is 0 Å². The first-order valence-electron chi connectivity index (χ1n) is 5.28. The Morgan fingerprint density at radius 1 is 1.43 bits per heavy atom. The van der Waals surface area contributed by atoms with Crippen molar-refractivity contribution < 1.29 is 0 Å². The Morgan fingerprint density at radius 2 is 2.14 bits per heavy atom.